The number of thiophene rings is 1. The Labute approximate surface area is 220 Å². The van der Waals surface area contributed by atoms with Crippen LogP contribution in [0.3, 0.4) is 0 Å². The second kappa shape index (κ2) is 10.2. The third kappa shape index (κ3) is 4.85. The topological polar surface area (TPSA) is 104 Å². The number of carboxylic acids is 1. The van der Waals surface area contributed by atoms with Gasteiger partial charge >= 0.3 is 5.97 Å². The van der Waals surface area contributed by atoms with Crippen molar-refractivity contribution >= 4 is 74.1 Å². The predicted molar refractivity (Wildman–Crippen MR) is 141 cm³/mol. The number of aliphatic carboxylic acids is 1. The van der Waals surface area contributed by atoms with Crippen LogP contribution in [0.25, 0.3) is 10.1 Å². The lowest BCUT2D eigenvalue weighted by atomic mass is 10.0. The van der Waals surface area contributed by atoms with Crippen LogP contribution in [0.5, 0.6) is 0 Å². The van der Waals surface area contributed by atoms with Crippen molar-refractivity contribution in [3.05, 3.63) is 85.5 Å². The van der Waals surface area contributed by atoms with Crippen LogP contribution in [0, 0.1) is 5.82 Å². The van der Waals surface area contributed by atoms with Gasteiger partial charge in [-0.1, -0.05) is 17.8 Å². The maximum Gasteiger partial charge on any atom is 0.352 e. The molecule has 36 heavy (non-hydrogen) atoms. The first-order valence-corrected chi connectivity index (χ1v) is 14.2. The SMILES string of the molecule is O=C(Cc1cccs1)NC1C(=O)N2C(C(=O)O)=C(/C=C/Sc3cc(=O)c4ccc(F)cc4s3)CS[C@H]12. The Morgan fingerprint density at radius 2 is 2.08 bits per heavy atom. The van der Waals surface area contributed by atoms with Gasteiger partial charge in [-0.05, 0) is 46.7 Å². The molecule has 2 aliphatic heterocycles. The molecule has 0 saturated carbocycles. The van der Waals surface area contributed by atoms with Crippen LogP contribution in [0.2, 0.25) is 0 Å². The summed E-state index contributed by atoms with van der Waals surface area (Å²) in [6.45, 7) is 0. The van der Waals surface area contributed by atoms with Crippen LogP contribution in [0.1, 0.15) is 4.88 Å². The molecule has 0 bridgehead atoms. The van der Waals surface area contributed by atoms with E-state index in [1.165, 1.54) is 75.4 Å². The van der Waals surface area contributed by atoms with Gasteiger partial charge in [0.05, 0.1) is 10.6 Å². The Morgan fingerprint density at radius 1 is 1.25 bits per heavy atom. The monoisotopic (exact) mass is 560 g/mol. The van der Waals surface area contributed by atoms with Gasteiger partial charge in [0.25, 0.3) is 5.91 Å². The second-order valence-electron chi connectivity index (χ2n) is 7.88. The normalized spacial score (nSPS) is 19.5. The maximum atomic E-state index is 13.6. The van der Waals surface area contributed by atoms with E-state index in [1.54, 1.807) is 11.5 Å². The summed E-state index contributed by atoms with van der Waals surface area (Å²) < 4.78 is 14.7. The van der Waals surface area contributed by atoms with Crippen molar-refractivity contribution in [3.63, 3.8) is 0 Å². The molecule has 12 heteroatoms. The number of β-lactam (4-membered cyclic amide) rings is 1. The molecule has 2 amide bonds. The first kappa shape index (κ1) is 24.8. The molecule has 2 N–H and O–H groups in total. The number of amides is 2. The number of carboxylic acid groups (broad SMARTS) is 1. The maximum absolute atomic E-state index is 13.6. The lowest BCUT2D eigenvalue weighted by Gasteiger charge is -2.49. The number of carbonyl (C=O) groups excluding carboxylic acids is 2. The lowest BCUT2D eigenvalue weighted by Crippen LogP contribution is -2.70. The Hall–Kier alpha value is -2.93. The van der Waals surface area contributed by atoms with Crippen molar-refractivity contribution in [1.29, 1.82) is 0 Å². The molecule has 3 aromatic rings. The molecule has 1 saturated heterocycles. The van der Waals surface area contributed by atoms with Gasteiger partial charge in [0.2, 0.25) is 5.91 Å². The van der Waals surface area contributed by atoms with Crippen molar-refractivity contribution in [2.75, 3.05) is 5.75 Å². The van der Waals surface area contributed by atoms with Crippen molar-refractivity contribution < 1.29 is 23.9 Å². The van der Waals surface area contributed by atoms with Gasteiger partial charge in [0.15, 0.2) is 5.43 Å². The van der Waals surface area contributed by atoms with Crippen LogP contribution in [0.4, 0.5) is 4.39 Å². The molecule has 7 nitrogen and oxygen atoms in total. The molecule has 0 spiro atoms. The van der Waals surface area contributed by atoms with Crippen molar-refractivity contribution in [3.8, 4) is 0 Å². The molecule has 5 rings (SSSR count). The summed E-state index contributed by atoms with van der Waals surface area (Å²) in [5, 5.41) is 16.0. The van der Waals surface area contributed by atoms with Gasteiger partial charge in [0, 0.05) is 26.8 Å². The summed E-state index contributed by atoms with van der Waals surface area (Å²) in [7, 11) is 0. The average Bonchev–Trinajstić information content (AvgIpc) is 3.34. The number of nitrogens with zero attached hydrogens (tertiary/aromatic N) is 1. The highest BCUT2D eigenvalue weighted by Crippen LogP contribution is 2.41. The molecule has 1 unspecified atom stereocenters. The number of hydrogen-bond donors (Lipinski definition) is 2. The summed E-state index contributed by atoms with van der Waals surface area (Å²) >= 11 is 5.30. The van der Waals surface area contributed by atoms with E-state index in [1.807, 2.05) is 17.5 Å². The largest absolute Gasteiger partial charge is 0.477 e. The number of allylic oxidation sites excluding steroid dienone is 1. The summed E-state index contributed by atoms with van der Waals surface area (Å²) in [5.41, 5.74) is 0.116. The Bertz CT molecular complexity index is 1500. The van der Waals surface area contributed by atoms with Gasteiger partial charge in [-0.3, -0.25) is 19.3 Å². The number of rotatable bonds is 7. The first-order valence-electron chi connectivity index (χ1n) is 10.6. The molecular formula is C24H17FN2O5S4. The van der Waals surface area contributed by atoms with Crippen molar-refractivity contribution in [1.82, 2.24) is 10.2 Å². The van der Waals surface area contributed by atoms with Gasteiger partial charge < -0.3 is 10.4 Å². The predicted octanol–water partition coefficient (Wildman–Crippen LogP) is 4.05. The minimum atomic E-state index is -1.23. The molecule has 2 atom stereocenters. The fraction of sp³-hybridized carbons (Fsp3) is 0.167. The van der Waals surface area contributed by atoms with E-state index in [0.29, 0.717) is 25.6 Å². The summed E-state index contributed by atoms with van der Waals surface area (Å²) in [6, 6.07) is 8.38. The number of nitrogens with one attached hydrogen (secondary N) is 1. The molecule has 184 valence electrons. The van der Waals surface area contributed by atoms with Gasteiger partial charge in [-0.25, -0.2) is 9.18 Å². The fourth-order valence-corrected chi connectivity index (χ4v) is 7.94. The number of carbonyl (C=O) groups is 3. The number of hydrogen-bond acceptors (Lipinski definition) is 8. The third-order valence-electron chi connectivity index (χ3n) is 5.55. The van der Waals surface area contributed by atoms with Gasteiger partial charge in [-0.15, -0.1) is 34.4 Å². The molecule has 1 fully saturated rings. The molecule has 2 aromatic heterocycles. The zero-order chi connectivity index (χ0) is 25.4. The number of benzene rings is 1. The number of thioether (sulfide) groups is 2. The zero-order valence-corrected chi connectivity index (χ0v) is 21.6. The summed E-state index contributed by atoms with van der Waals surface area (Å²) in [4.78, 5) is 51.6. The molecule has 1 aromatic carbocycles. The molecule has 0 aliphatic carbocycles. The van der Waals surface area contributed by atoms with Crippen molar-refractivity contribution in [2.24, 2.45) is 0 Å². The minimum absolute atomic E-state index is 0.113. The number of halogens is 1. The van der Waals surface area contributed by atoms with Crippen LogP contribution in [-0.4, -0.2) is 45.0 Å². The van der Waals surface area contributed by atoms with E-state index in [9.17, 15) is 28.7 Å². The Morgan fingerprint density at radius 3 is 2.83 bits per heavy atom. The van der Waals surface area contributed by atoms with E-state index in [-0.39, 0.29) is 23.5 Å². The van der Waals surface area contributed by atoms with Gasteiger partial charge in [0.1, 0.15) is 22.9 Å². The van der Waals surface area contributed by atoms with Crippen LogP contribution < -0.4 is 10.7 Å². The van der Waals surface area contributed by atoms with Crippen LogP contribution in [0.15, 0.2) is 73.5 Å². The molecule has 2 aliphatic rings. The Kier molecular flexibility index (Phi) is 7.02. The van der Waals surface area contributed by atoms with Crippen LogP contribution in [-0.2, 0) is 20.8 Å². The van der Waals surface area contributed by atoms with E-state index in [0.717, 1.165) is 4.88 Å². The highest BCUT2D eigenvalue weighted by molar-refractivity contribution is 8.04. The third-order valence-corrected chi connectivity index (χ3v) is 9.77. The first-order chi connectivity index (χ1) is 17.3. The quantitative estimate of drug-likeness (QED) is 0.332. The number of fused-ring (bicyclic) bond motifs is 2. The smallest absolute Gasteiger partial charge is 0.352 e. The Balaban J connectivity index is 1.30. The summed E-state index contributed by atoms with van der Waals surface area (Å²) in [5.74, 6) is -2.07. The molecular weight excluding hydrogens is 544 g/mol. The summed E-state index contributed by atoms with van der Waals surface area (Å²) in [6.07, 6.45) is 1.78. The van der Waals surface area contributed by atoms with E-state index < -0.39 is 29.1 Å². The van der Waals surface area contributed by atoms with Gasteiger partial charge in [-0.2, -0.15) is 0 Å². The van der Waals surface area contributed by atoms with E-state index >= 15 is 0 Å². The molecule has 4 heterocycles. The standard InChI is InChI=1S/C24H17FN2O5S4/c25-13-3-4-15-16(28)10-19(36-17(15)8-13)34-7-5-12-11-35-23-20(22(30)27(23)21(12)24(31)32)26-18(29)9-14-2-1-6-33-14/h1-8,10,20,23H,9,11H2,(H,26,29)(H,31,32)/b7-5+/t20?,23-/m1/s1. The molecule has 0 radical (unpaired) electrons. The highest BCUT2D eigenvalue weighted by Gasteiger charge is 2.53. The highest BCUT2D eigenvalue weighted by atomic mass is 32.2. The van der Waals surface area contributed by atoms with Crippen molar-refractivity contribution in [2.45, 2.75) is 22.0 Å². The van der Waals surface area contributed by atoms with E-state index in [4.69, 9.17) is 0 Å². The zero-order valence-electron chi connectivity index (χ0n) is 18.3. The van der Waals surface area contributed by atoms with Crippen LogP contribution >= 0.6 is 46.2 Å². The lowest BCUT2D eigenvalue weighted by molar-refractivity contribution is -0.150. The average molecular weight is 561 g/mol. The fourth-order valence-electron chi connectivity index (χ4n) is 3.92. The van der Waals surface area contributed by atoms with E-state index in [2.05, 4.69) is 5.32 Å². The minimum Gasteiger partial charge on any atom is -0.477 e. The second-order valence-corrected chi connectivity index (χ2v) is 12.3.